The van der Waals surface area contributed by atoms with E-state index in [1.807, 2.05) is 18.2 Å². The molecule has 12 heavy (non-hydrogen) atoms. The molecule has 0 atom stereocenters. The zero-order valence-electron chi connectivity index (χ0n) is 5.99. The van der Waals surface area contributed by atoms with Crippen LogP contribution in [0.4, 0.5) is 0 Å². The first kappa shape index (κ1) is 9.07. The molecule has 0 radical (unpaired) electrons. The van der Waals surface area contributed by atoms with Crippen molar-refractivity contribution in [1.29, 1.82) is 0 Å². The fraction of sp³-hybridized carbons (Fsp3) is 0. The van der Waals surface area contributed by atoms with Gasteiger partial charge in [-0.05, 0) is 6.07 Å². The summed E-state index contributed by atoms with van der Waals surface area (Å²) in [6.45, 7) is 0. The van der Waals surface area contributed by atoms with Gasteiger partial charge in [-0.1, -0.05) is 12.1 Å². The number of hydrogen-bond donors (Lipinski definition) is 0. The van der Waals surface area contributed by atoms with Gasteiger partial charge < -0.3 is 9.55 Å². The van der Waals surface area contributed by atoms with E-state index in [1.165, 1.54) is 0 Å². The summed E-state index contributed by atoms with van der Waals surface area (Å²) in [5.41, 5.74) is 0. The second kappa shape index (κ2) is 4.12. The first-order valence-electron chi connectivity index (χ1n) is 3.16. The summed E-state index contributed by atoms with van der Waals surface area (Å²) in [7, 11) is 0. The molecule has 0 aliphatic carbocycles. The maximum atomic E-state index is 4.07. The molecule has 0 N–H and O–H groups in total. The molecule has 0 aromatic carbocycles. The van der Waals surface area contributed by atoms with Gasteiger partial charge in [0.1, 0.15) is 0 Å². The van der Waals surface area contributed by atoms with Crippen LogP contribution < -0.4 is 0 Å². The molecule has 0 saturated carbocycles. The molecule has 0 spiro atoms. The number of nitrogens with zero attached hydrogens (tertiary/aromatic N) is 4. The summed E-state index contributed by atoms with van der Waals surface area (Å²) in [4.78, 5) is 4.07. The Morgan fingerprint density at radius 3 is 2.83 bits per heavy atom. The summed E-state index contributed by atoms with van der Waals surface area (Å²) in [6.07, 6.45) is 5.92. The van der Waals surface area contributed by atoms with Crippen LogP contribution in [0.2, 0.25) is 0 Å². The second-order valence-electron chi connectivity index (χ2n) is 1.99. The van der Waals surface area contributed by atoms with Crippen molar-refractivity contribution >= 4 is 0 Å². The average molecular weight is 340 g/mol. The van der Waals surface area contributed by atoms with Gasteiger partial charge in [0.25, 0.3) is 0 Å². The molecule has 5 heteroatoms. The predicted molar refractivity (Wildman–Crippen MR) is 38.0 cm³/mol. The number of hydrogen-bond acceptors (Lipinski definition) is 3. The van der Waals surface area contributed by atoms with Crippen LogP contribution in [0.1, 0.15) is 0 Å². The maximum Gasteiger partial charge on any atom is 0.0369 e. The Morgan fingerprint density at radius 1 is 1.33 bits per heavy atom. The van der Waals surface area contributed by atoms with Crippen molar-refractivity contribution in [3.05, 3.63) is 37.1 Å². The second-order valence-corrected chi connectivity index (χ2v) is 1.99. The SMILES string of the molecule is [Pt].[c-]1nncn1-c1ccccn1. The summed E-state index contributed by atoms with van der Waals surface area (Å²) >= 11 is 0. The summed E-state index contributed by atoms with van der Waals surface area (Å²) in [5, 5.41) is 7.16. The van der Waals surface area contributed by atoms with Crippen LogP contribution in [0.15, 0.2) is 30.7 Å². The fourth-order valence-electron chi connectivity index (χ4n) is 0.784. The van der Waals surface area contributed by atoms with Crippen molar-refractivity contribution in [2.45, 2.75) is 0 Å². The smallest absolute Gasteiger partial charge is 0.0369 e. The third-order valence-corrected chi connectivity index (χ3v) is 1.27. The van der Waals surface area contributed by atoms with Crippen LogP contribution in [0.3, 0.4) is 0 Å². The van der Waals surface area contributed by atoms with Crippen molar-refractivity contribution in [2.75, 3.05) is 0 Å². The molecule has 0 saturated heterocycles. The third kappa shape index (κ3) is 1.77. The van der Waals surface area contributed by atoms with Crippen LogP contribution in [0, 0.1) is 6.33 Å². The maximum absolute atomic E-state index is 4.07. The van der Waals surface area contributed by atoms with Crippen LogP contribution in [-0.2, 0) is 21.1 Å². The molecule has 2 aromatic rings. The van der Waals surface area contributed by atoms with Crippen molar-refractivity contribution < 1.29 is 21.1 Å². The quantitative estimate of drug-likeness (QED) is 0.709. The molecule has 64 valence electrons. The molecule has 0 unspecified atom stereocenters. The molecule has 2 aromatic heterocycles. The third-order valence-electron chi connectivity index (χ3n) is 1.27. The monoisotopic (exact) mass is 340 g/mol. The van der Waals surface area contributed by atoms with Gasteiger partial charge >= 0.3 is 0 Å². The number of aromatic nitrogens is 4. The normalized spacial score (nSPS) is 9.00. The summed E-state index contributed by atoms with van der Waals surface area (Å²) in [5.74, 6) is 0.775. The van der Waals surface area contributed by atoms with Gasteiger partial charge in [0, 0.05) is 45.7 Å². The van der Waals surface area contributed by atoms with Crippen LogP contribution in [0.5, 0.6) is 0 Å². The zero-order chi connectivity index (χ0) is 7.52. The molecule has 2 heterocycles. The minimum atomic E-state index is 0. The van der Waals surface area contributed by atoms with Gasteiger partial charge in [0.05, 0.1) is 0 Å². The largest absolute Gasteiger partial charge is 0.435 e. The minimum absolute atomic E-state index is 0. The molecule has 0 amide bonds. The molecule has 2 rings (SSSR count). The molecular weight excluding hydrogens is 335 g/mol. The topological polar surface area (TPSA) is 43.6 Å². The van der Waals surface area contributed by atoms with Crippen LogP contribution >= 0.6 is 0 Å². The van der Waals surface area contributed by atoms with Gasteiger partial charge in [-0.3, -0.25) is 0 Å². The molecule has 4 nitrogen and oxygen atoms in total. The summed E-state index contributed by atoms with van der Waals surface area (Å²) < 4.78 is 1.62. The van der Waals surface area contributed by atoms with Gasteiger partial charge in [-0.2, -0.15) is 0 Å². The molecular formula is C7H5N4Pt-. The van der Waals surface area contributed by atoms with Gasteiger partial charge in [0.15, 0.2) is 0 Å². The van der Waals surface area contributed by atoms with E-state index in [4.69, 9.17) is 0 Å². The van der Waals surface area contributed by atoms with Crippen molar-refractivity contribution in [1.82, 2.24) is 19.7 Å². The zero-order valence-corrected chi connectivity index (χ0v) is 8.26. The van der Waals surface area contributed by atoms with Gasteiger partial charge in [-0.25, -0.2) is 10.2 Å². The Morgan fingerprint density at radius 2 is 2.25 bits per heavy atom. The first-order chi connectivity index (χ1) is 5.47. The van der Waals surface area contributed by atoms with E-state index >= 15 is 0 Å². The Bertz CT molecular complexity index is 318. The van der Waals surface area contributed by atoms with Crippen LogP contribution in [-0.4, -0.2) is 19.7 Å². The minimum Gasteiger partial charge on any atom is -0.435 e. The number of pyridine rings is 1. The Hall–Kier alpha value is -1.02. The predicted octanol–water partition coefficient (Wildman–Crippen LogP) is 0.460. The first-order valence-corrected chi connectivity index (χ1v) is 3.16. The van der Waals surface area contributed by atoms with E-state index in [2.05, 4.69) is 21.5 Å². The van der Waals surface area contributed by atoms with E-state index in [0.717, 1.165) is 5.82 Å². The van der Waals surface area contributed by atoms with E-state index in [1.54, 1.807) is 17.1 Å². The molecule has 0 aliphatic heterocycles. The van der Waals surface area contributed by atoms with Crippen molar-refractivity contribution in [3.63, 3.8) is 0 Å². The van der Waals surface area contributed by atoms with Crippen molar-refractivity contribution in [2.24, 2.45) is 0 Å². The Balaban J connectivity index is 0.000000720. The Labute approximate surface area is 83.9 Å². The summed E-state index contributed by atoms with van der Waals surface area (Å²) in [6, 6.07) is 5.61. The van der Waals surface area contributed by atoms with E-state index in [9.17, 15) is 0 Å². The standard InChI is InChI=1S/C7H5N4.Pt/c1-2-4-8-7(3-1)11-5-9-10-6-11;/h1-5H;/q-1;. The molecule has 0 fully saturated rings. The van der Waals surface area contributed by atoms with Gasteiger partial charge in [0.2, 0.25) is 0 Å². The van der Waals surface area contributed by atoms with Crippen molar-refractivity contribution in [3.8, 4) is 5.82 Å². The van der Waals surface area contributed by atoms with E-state index in [0.29, 0.717) is 0 Å². The molecule has 0 bridgehead atoms. The van der Waals surface area contributed by atoms with E-state index in [-0.39, 0.29) is 21.1 Å². The van der Waals surface area contributed by atoms with Gasteiger partial charge in [-0.15, -0.1) is 0 Å². The number of rotatable bonds is 1. The average Bonchev–Trinajstić information content (AvgIpc) is 2.58. The van der Waals surface area contributed by atoms with Crippen LogP contribution in [0.25, 0.3) is 5.82 Å². The Kier molecular flexibility index (Phi) is 3.11. The fourth-order valence-corrected chi connectivity index (χ4v) is 0.784. The molecule has 0 aliphatic rings. The van der Waals surface area contributed by atoms with E-state index < -0.39 is 0 Å².